The molecular formula is C20H27ClN4. The number of hydrogen-bond acceptors (Lipinski definition) is 4. The van der Waals surface area contributed by atoms with Gasteiger partial charge >= 0.3 is 0 Å². The highest BCUT2D eigenvalue weighted by atomic mass is 35.5. The number of hydrogen-bond donors (Lipinski definition) is 0. The fourth-order valence-corrected chi connectivity index (χ4v) is 4.45. The highest BCUT2D eigenvalue weighted by molar-refractivity contribution is 6.31. The minimum atomic E-state index is 0.730. The molecule has 134 valence electrons. The summed E-state index contributed by atoms with van der Waals surface area (Å²) >= 11 is 6.12. The van der Waals surface area contributed by atoms with Crippen molar-refractivity contribution in [3.63, 3.8) is 0 Å². The second-order valence-electron chi connectivity index (χ2n) is 7.80. The first-order valence-corrected chi connectivity index (χ1v) is 9.94. The smallest absolute Gasteiger partial charge is 0.139 e. The Kier molecular flexibility index (Phi) is 5.09. The molecule has 5 heteroatoms. The molecule has 1 aromatic heterocycles. The summed E-state index contributed by atoms with van der Waals surface area (Å²) in [7, 11) is 0. The van der Waals surface area contributed by atoms with Gasteiger partial charge in [0, 0.05) is 30.0 Å². The fraction of sp³-hybridized carbons (Fsp3) is 0.600. The lowest BCUT2D eigenvalue weighted by molar-refractivity contribution is 0.159. The van der Waals surface area contributed by atoms with Crippen LogP contribution in [0.2, 0.25) is 5.02 Å². The van der Waals surface area contributed by atoms with Crippen LogP contribution >= 0.6 is 11.6 Å². The number of halogens is 1. The zero-order chi connectivity index (χ0) is 17.2. The van der Waals surface area contributed by atoms with Crippen molar-refractivity contribution in [3.8, 4) is 0 Å². The van der Waals surface area contributed by atoms with Crippen LogP contribution in [0.4, 0.5) is 5.82 Å². The lowest BCUT2D eigenvalue weighted by atomic mass is 9.94. The van der Waals surface area contributed by atoms with Crippen molar-refractivity contribution in [2.24, 2.45) is 11.8 Å². The summed E-state index contributed by atoms with van der Waals surface area (Å²) in [5, 5.41) is 1.84. The quantitative estimate of drug-likeness (QED) is 0.821. The predicted molar refractivity (Wildman–Crippen MR) is 104 cm³/mol. The van der Waals surface area contributed by atoms with E-state index in [2.05, 4.69) is 32.8 Å². The Morgan fingerprint density at radius 2 is 1.96 bits per heavy atom. The maximum Gasteiger partial charge on any atom is 0.139 e. The molecule has 0 N–H and O–H groups in total. The van der Waals surface area contributed by atoms with E-state index in [1.807, 2.05) is 12.1 Å². The molecule has 0 radical (unpaired) electrons. The van der Waals surface area contributed by atoms with E-state index in [4.69, 9.17) is 11.6 Å². The molecule has 2 saturated heterocycles. The first-order chi connectivity index (χ1) is 12.2. The molecule has 0 spiro atoms. The van der Waals surface area contributed by atoms with Gasteiger partial charge in [-0.15, -0.1) is 0 Å². The van der Waals surface area contributed by atoms with Gasteiger partial charge < -0.3 is 9.80 Å². The van der Waals surface area contributed by atoms with Crippen LogP contribution in [0, 0.1) is 11.8 Å². The van der Waals surface area contributed by atoms with Gasteiger partial charge in [-0.25, -0.2) is 9.97 Å². The number of rotatable bonds is 3. The van der Waals surface area contributed by atoms with Gasteiger partial charge in [-0.3, -0.25) is 0 Å². The lowest BCUT2D eigenvalue weighted by Gasteiger charge is -2.38. The normalized spacial score (nSPS) is 23.3. The van der Waals surface area contributed by atoms with Gasteiger partial charge in [0.15, 0.2) is 0 Å². The number of benzene rings is 1. The number of likely N-dealkylation sites (tertiary alicyclic amines) is 1. The van der Waals surface area contributed by atoms with Crippen LogP contribution in [-0.4, -0.2) is 47.6 Å². The Hall–Kier alpha value is -1.39. The fourth-order valence-electron chi connectivity index (χ4n) is 4.28. The van der Waals surface area contributed by atoms with Crippen molar-refractivity contribution in [2.75, 3.05) is 37.6 Å². The Bertz CT molecular complexity index is 727. The molecule has 4 rings (SSSR count). The largest absolute Gasteiger partial charge is 0.356 e. The number of fused-ring (bicyclic) bond motifs is 1. The van der Waals surface area contributed by atoms with Crippen LogP contribution in [0.15, 0.2) is 24.5 Å². The SMILES string of the molecule is CC1CCN(CC2CCCN(c3ncnc4cc(Cl)ccc34)C2)CC1. The molecule has 3 heterocycles. The molecule has 2 aromatic rings. The number of anilines is 1. The Morgan fingerprint density at radius 1 is 1.12 bits per heavy atom. The topological polar surface area (TPSA) is 32.3 Å². The van der Waals surface area contributed by atoms with Gasteiger partial charge in [0.2, 0.25) is 0 Å². The first kappa shape index (κ1) is 17.0. The van der Waals surface area contributed by atoms with E-state index in [1.165, 1.54) is 45.3 Å². The second-order valence-corrected chi connectivity index (χ2v) is 8.23. The molecule has 25 heavy (non-hydrogen) atoms. The van der Waals surface area contributed by atoms with Crippen molar-refractivity contribution < 1.29 is 0 Å². The van der Waals surface area contributed by atoms with E-state index in [1.54, 1.807) is 6.33 Å². The summed E-state index contributed by atoms with van der Waals surface area (Å²) in [5.41, 5.74) is 0.935. The van der Waals surface area contributed by atoms with Crippen molar-refractivity contribution in [1.29, 1.82) is 0 Å². The molecule has 2 fully saturated rings. The third kappa shape index (κ3) is 3.90. The molecule has 4 nitrogen and oxygen atoms in total. The molecule has 0 aliphatic carbocycles. The van der Waals surface area contributed by atoms with Gasteiger partial charge in [0.25, 0.3) is 0 Å². The highest BCUT2D eigenvalue weighted by Crippen LogP contribution is 2.29. The van der Waals surface area contributed by atoms with E-state index in [0.29, 0.717) is 0 Å². The minimum Gasteiger partial charge on any atom is -0.356 e. The maximum atomic E-state index is 6.12. The summed E-state index contributed by atoms with van der Waals surface area (Å²) in [4.78, 5) is 14.1. The number of nitrogens with zero attached hydrogens (tertiary/aromatic N) is 4. The molecule has 0 amide bonds. The average Bonchev–Trinajstić information content (AvgIpc) is 2.63. The average molecular weight is 359 g/mol. The molecule has 1 aromatic carbocycles. The van der Waals surface area contributed by atoms with Crippen LogP contribution in [0.1, 0.15) is 32.6 Å². The Labute approximate surface area is 155 Å². The summed E-state index contributed by atoms with van der Waals surface area (Å²) in [6.07, 6.45) is 6.95. The second kappa shape index (κ2) is 7.46. The maximum absolute atomic E-state index is 6.12. The summed E-state index contributed by atoms with van der Waals surface area (Å²) < 4.78 is 0. The molecular weight excluding hydrogens is 332 g/mol. The summed E-state index contributed by atoms with van der Waals surface area (Å²) in [6, 6.07) is 5.92. The zero-order valence-corrected chi connectivity index (χ0v) is 15.8. The van der Waals surface area contributed by atoms with Crippen LogP contribution in [0.25, 0.3) is 10.9 Å². The Balaban J connectivity index is 1.48. The minimum absolute atomic E-state index is 0.730. The van der Waals surface area contributed by atoms with Gasteiger partial charge in [-0.05, 0) is 68.8 Å². The summed E-state index contributed by atoms with van der Waals surface area (Å²) in [5.74, 6) is 2.71. The van der Waals surface area contributed by atoms with E-state index in [0.717, 1.165) is 46.7 Å². The monoisotopic (exact) mass is 358 g/mol. The lowest BCUT2D eigenvalue weighted by Crippen LogP contribution is -2.43. The van der Waals surface area contributed by atoms with Crippen LogP contribution in [-0.2, 0) is 0 Å². The van der Waals surface area contributed by atoms with Gasteiger partial charge in [-0.1, -0.05) is 18.5 Å². The number of aromatic nitrogens is 2. The molecule has 0 saturated carbocycles. The van der Waals surface area contributed by atoms with E-state index < -0.39 is 0 Å². The van der Waals surface area contributed by atoms with E-state index in [-0.39, 0.29) is 0 Å². The third-order valence-electron chi connectivity index (χ3n) is 5.79. The molecule has 2 aliphatic rings. The van der Waals surface area contributed by atoms with Gasteiger partial charge in [0.1, 0.15) is 12.1 Å². The zero-order valence-electron chi connectivity index (χ0n) is 15.0. The van der Waals surface area contributed by atoms with Crippen LogP contribution in [0.5, 0.6) is 0 Å². The van der Waals surface area contributed by atoms with E-state index in [9.17, 15) is 0 Å². The highest BCUT2D eigenvalue weighted by Gasteiger charge is 2.25. The van der Waals surface area contributed by atoms with Crippen molar-refractivity contribution in [3.05, 3.63) is 29.5 Å². The molecule has 1 atom stereocenters. The van der Waals surface area contributed by atoms with Crippen molar-refractivity contribution in [2.45, 2.75) is 32.6 Å². The summed E-state index contributed by atoms with van der Waals surface area (Å²) in [6.45, 7) is 8.34. The van der Waals surface area contributed by atoms with Crippen molar-refractivity contribution in [1.82, 2.24) is 14.9 Å². The van der Waals surface area contributed by atoms with E-state index >= 15 is 0 Å². The van der Waals surface area contributed by atoms with Crippen LogP contribution < -0.4 is 4.90 Å². The standard InChI is InChI=1S/C20H27ClN4/c1-15-6-9-24(10-7-15)12-16-3-2-8-25(13-16)20-18-5-4-17(21)11-19(18)22-14-23-20/h4-5,11,14-16H,2-3,6-10,12-13H2,1H3. The molecule has 2 aliphatic heterocycles. The van der Waals surface area contributed by atoms with Crippen molar-refractivity contribution >= 4 is 28.3 Å². The van der Waals surface area contributed by atoms with Gasteiger partial charge in [-0.2, -0.15) is 0 Å². The number of piperidine rings is 2. The molecule has 1 unspecified atom stereocenters. The molecule has 0 bridgehead atoms. The van der Waals surface area contributed by atoms with Crippen LogP contribution in [0.3, 0.4) is 0 Å². The van der Waals surface area contributed by atoms with Gasteiger partial charge in [0.05, 0.1) is 5.52 Å². The third-order valence-corrected chi connectivity index (χ3v) is 6.02. The first-order valence-electron chi connectivity index (χ1n) is 9.56. The Morgan fingerprint density at radius 3 is 2.80 bits per heavy atom. The predicted octanol–water partition coefficient (Wildman–Crippen LogP) is 4.23.